The minimum absolute atomic E-state index is 0.680. The number of benzene rings is 1. The molecule has 0 amide bonds. The number of aromatic nitrogens is 4. The standard InChI is InChI=1S/C15H15N5/c1-16-10-14-18-15(20-19-14)12-7-5-11(6-8-12)13-4-2-3-9-17-13/h2-9,16H,10H2,1H3,(H,18,19,20). The van der Waals surface area contributed by atoms with Crippen LogP contribution in [0.15, 0.2) is 48.7 Å². The van der Waals surface area contributed by atoms with Crippen LogP contribution in [0, 0.1) is 0 Å². The number of nitrogens with zero attached hydrogens (tertiary/aromatic N) is 3. The molecule has 20 heavy (non-hydrogen) atoms. The van der Waals surface area contributed by atoms with Crippen LogP contribution in [-0.4, -0.2) is 27.2 Å². The van der Waals surface area contributed by atoms with Gasteiger partial charge < -0.3 is 5.32 Å². The molecule has 3 rings (SSSR count). The lowest BCUT2D eigenvalue weighted by Gasteiger charge is -2.01. The smallest absolute Gasteiger partial charge is 0.181 e. The lowest BCUT2D eigenvalue weighted by Crippen LogP contribution is -2.06. The fourth-order valence-electron chi connectivity index (χ4n) is 1.99. The summed E-state index contributed by atoms with van der Waals surface area (Å²) in [6.07, 6.45) is 1.79. The van der Waals surface area contributed by atoms with Gasteiger partial charge in [0.1, 0.15) is 5.82 Å². The van der Waals surface area contributed by atoms with Crippen LogP contribution in [0.1, 0.15) is 5.82 Å². The molecule has 2 N–H and O–H groups in total. The van der Waals surface area contributed by atoms with Crippen LogP contribution in [0.5, 0.6) is 0 Å². The van der Waals surface area contributed by atoms with Crippen molar-refractivity contribution in [3.05, 3.63) is 54.5 Å². The van der Waals surface area contributed by atoms with E-state index in [1.807, 2.05) is 49.5 Å². The Bertz CT molecular complexity index is 673. The van der Waals surface area contributed by atoms with Crippen molar-refractivity contribution in [1.82, 2.24) is 25.5 Å². The van der Waals surface area contributed by atoms with E-state index >= 15 is 0 Å². The number of aromatic amines is 1. The predicted molar refractivity (Wildman–Crippen MR) is 77.8 cm³/mol. The first-order chi connectivity index (χ1) is 9.86. The Kier molecular flexibility index (Phi) is 3.52. The second-order valence-electron chi connectivity index (χ2n) is 4.43. The Morgan fingerprint density at radius 2 is 1.85 bits per heavy atom. The molecular weight excluding hydrogens is 250 g/mol. The Hall–Kier alpha value is -2.53. The van der Waals surface area contributed by atoms with Gasteiger partial charge >= 0.3 is 0 Å². The van der Waals surface area contributed by atoms with Crippen molar-refractivity contribution >= 4 is 0 Å². The van der Waals surface area contributed by atoms with Gasteiger partial charge in [0.25, 0.3) is 0 Å². The summed E-state index contributed by atoms with van der Waals surface area (Å²) in [7, 11) is 1.88. The average Bonchev–Trinajstić information content (AvgIpc) is 2.97. The largest absolute Gasteiger partial charge is 0.313 e. The summed E-state index contributed by atoms with van der Waals surface area (Å²) in [4.78, 5) is 8.76. The lowest BCUT2D eigenvalue weighted by atomic mass is 10.1. The van der Waals surface area contributed by atoms with Crippen LogP contribution in [0.2, 0.25) is 0 Å². The van der Waals surface area contributed by atoms with Gasteiger partial charge in [-0.15, -0.1) is 0 Å². The molecule has 0 bridgehead atoms. The van der Waals surface area contributed by atoms with E-state index in [0.717, 1.165) is 22.6 Å². The minimum Gasteiger partial charge on any atom is -0.313 e. The van der Waals surface area contributed by atoms with E-state index in [1.165, 1.54) is 0 Å². The molecular formula is C15H15N5. The average molecular weight is 265 g/mol. The first kappa shape index (κ1) is 12.5. The Balaban J connectivity index is 1.85. The maximum absolute atomic E-state index is 4.43. The first-order valence-electron chi connectivity index (χ1n) is 6.44. The van der Waals surface area contributed by atoms with Gasteiger partial charge in [0.15, 0.2) is 5.82 Å². The van der Waals surface area contributed by atoms with Crippen LogP contribution in [-0.2, 0) is 6.54 Å². The molecule has 0 saturated heterocycles. The summed E-state index contributed by atoms with van der Waals surface area (Å²) in [5.74, 6) is 1.54. The molecule has 0 aliphatic carbocycles. The maximum atomic E-state index is 4.43. The summed E-state index contributed by atoms with van der Waals surface area (Å²) in [5.41, 5.74) is 3.04. The van der Waals surface area contributed by atoms with Gasteiger partial charge in [-0.1, -0.05) is 30.3 Å². The molecule has 0 radical (unpaired) electrons. The highest BCUT2D eigenvalue weighted by atomic mass is 15.2. The maximum Gasteiger partial charge on any atom is 0.181 e. The Morgan fingerprint density at radius 1 is 1.05 bits per heavy atom. The van der Waals surface area contributed by atoms with Gasteiger partial charge in [0, 0.05) is 17.3 Å². The molecule has 5 heteroatoms. The van der Waals surface area contributed by atoms with Gasteiger partial charge in [-0.25, -0.2) is 4.98 Å². The molecule has 3 aromatic rings. The Morgan fingerprint density at radius 3 is 2.55 bits per heavy atom. The third-order valence-corrected chi connectivity index (χ3v) is 2.98. The van der Waals surface area contributed by atoms with Crippen LogP contribution >= 0.6 is 0 Å². The number of hydrogen-bond donors (Lipinski definition) is 2. The topological polar surface area (TPSA) is 66.5 Å². The van der Waals surface area contributed by atoms with Crippen LogP contribution in [0.25, 0.3) is 22.6 Å². The van der Waals surface area contributed by atoms with E-state index < -0.39 is 0 Å². The summed E-state index contributed by atoms with van der Waals surface area (Å²) in [6, 6.07) is 14.0. The van der Waals surface area contributed by atoms with Crippen molar-refractivity contribution in [1.29, 1.82) is 0 Å². The van der Waals surface area contributed by atoms with Gasteiger partial charge in [0.2, 0.25) is 0 Å². The minimum atomic E-state index is 0.680. The fraction of sp³-hybridized carbons (Fsp3) is 0.133. The van der Waals surface area contributed by atoms with E-state index in [1.54, 1.807) is 6.20 Å². The third-order valence-electron chi connectivity index (χ3n) is 2.98. The second kappa shape index (κ2) is 5.63. The van der Waals surface area contributed by atoms with Gasteiger partial charge in [-0.05, 0) is 19.2 Å². The molecule has 1 aromatic carbocycles. The zero-order valence-electron chi connectivity index (χ0n) is 11.2. The van der Waals surface area contributed by atoms with Crippen molar-refractivity contribution in [2.75, 3.05) is 7.05 Å². The molecule has 0 unspecified atom stereocenters. The molecule has 0 aliphatic heterocycles. The number of hydrogen-bond acceptors (Lipinski definition) is 4. The quantitative estimate of drug-likeness (QED) is 0.759. The summed E-state index contributed by atoms with van der Waals surface area (Å²) < 4.78 is 0. The van der Waals surface area contributed by atoms with Crippen molar-refractivity contribution < 1.29 is 0 Å². The molecule has 2 heterocycles. The third kappa shape index (κ3) is 2.57. The molecule has 100 valence electrons. The molecule has 0 aliphatic rings. The van der Waals surface area contributed by atoms with Gasteiger partial charge in [0.05, 0.1) is 12.2 Å². The highest BCUT2D eigenvalue weighted by molar-refractivity contribution is 5.64. The number of rotatable bonds is 4. The zero-order valence-corrected chi connectivity index (χ0v) is 11.2. The second-order valence-corrected chi connectivity index (χ2v) is 4.43. The molecule has 2 aromatic heterocycles. The highest BCUT2D eigenvalue weighted by Crippen LogP contribution is 2.21. The summed E-state index contributed by atoms with van der Waals surface area (Å²) >= 11 is 0. The Labute approximate surface area is 117 Å². The highest BCUT2D eigenvalue weighted by Gasteiger charge is 2.06. The van der Waals surface area contributed by atoms with Crippen LogP contribution < -0.4 is 5.32 Å². The van der Waals surface area contributed by atoms with Gasteiger partial charge in [-0.3, -0.25) is 10.1 Å². The molecule has 0 atom stereocenters. The predicted octanol–water partition coefficient (Wildman–Crippen LogP) is 2.25. The van der Waals surface area contributed by atoms with Crippen LogP contribution in [0.4, 0.5) is 0 Å². The van der Waals surface area contributed by atoms with Gasteiger partial charge in [-0.2, -0.15) is 5.10 Å². The molecule has 5 nitrogen and oxygen atoms in total. The zero-order chi connectivity index (χ0) is 13.8. The van der Waals surface area contributed by atoms with Crippen molar-refractivity contribution in [2.45, 2.75) is 6.54 Å². The number of nitrogens with one attached hydrogen (secondary N) is 2. The number of pyridine rings is 1. The SMILES string of the molecule is CNCc1nc(-c2ccc(-c3ccccn3)cc2)n[nH]1. The number of H-pyrrole nitrogens is 1. The van der Waals surface area contributed by atoms with E-state index in [9.17, 15) is 0 Å². The lowest BCUT2D eigenvalue weighted by molar-refractivity contribution is 0.763. The first-order valence-corrected chi connectivity index (χ1v) is 6.44. The summed E-state index contributed by atoms with van der Waals surface area (Å²) in [6.45, 7) is 0.680. The van der Waals surface area contributed by atoms with E-state index in [-0.39, 0.29) is 0 Å². The monoisotopic (exact) mass is 265 g/mol. The fourth-order valence-corrected chi connectivity index (χ4v) is 1.99. The molecule has 0 fully saturated rings. The van der Waals surface area contributed by atoms with E-state index in [0.29, 0.717) is 12.4 Å². The van der Waals surface area contributed by atoms with E-state index in [2.05, 4.69) is 25.5 Å². The molecule has 0 spiro atoms. The van der Waals surface area contributed by atoms with Crippen LogP contribution in [0.3, 0.4) is 0 Å². The van der Waals surface area contributed by atoms with Crippen molar-refractivity contribution in [3.63, 3.8) is 0 Å². The van der Waals surface area contributed by atoms with Crippen molar-refractivity contribution in [3.8, 4) is 22.6 Å². The molecule has 0 saturated carbocycles. The van der Waals surface area contributed by atoms with Crippen molar-refractivity contribution in [2.24, 2.45) is 0 Å². The summed E-state index contributed by atoms with van der Waals surface area (Å²) in [5, 5.41) is 10.2. The normalized spacial score (nSPS) is 10.7. The van der Waals surface area contributed by atoms with E-state index in [4.69, 9.17) is 0 Å².